The Kier molecular flexibility index (Phi) is 5.29. The summed E-state index contributed by atoms with van der Waals surface area (Å²) in [4.78, 5) is 9.46. The van der Waals surface area contributed by atoms with Crippen molar-refractivity contribution in [1.82, 2.24) is 19.4 Å². The average molecular weight is 387 g/mol. The first-order valence-corrected chi connectivity index (χ1v) is 10.2. The van der Waals surface area contributed by atoms with Gasteiger partial charge in [-0.2, -0.15) is 0 Å². The molecule has 4 nitrogen and oxygen atoms in total. The minimum absolute atomic E-state index is 0.104. The fraction of sp³-hybridized carbons (Fsp3) is 0.320. The van der Waals surface area contributed by atoms with Crippen molar-refractivity contribution in [2.45, 2.75) is 18.9 Å². The second-order valence-electron chi connectivity index (χ2n) is 8.46. The van der Waals surface area contributed by atoms with E-state index in [0.717, 1.165) is 25.3 Å². The number of imidazole rings is 1. The lowest BCUT2D eigenvalue weighted by molar-refractivity contribution is 0.0702. The van der Waals surface area contributed by atoms with Crippen molar-refractivity contribution in [1.29, 1.82) is 0 Å². The SMILES string of the molecule is CN1CC(C)(Cc2ccccc2)N(C)CC1=Cc1ccccc1-c1nccn1C. The molecular weight excluding hydrogens is 356 g/mol. The highest BCUT2D eigenvalue weighted by molar-refractivity contribution is 5.72. The van der Waals surface area contributed by atoms with Gasteiger partial charge in [-0.15, -0.1) is 0 Å². The molecule has 0 radical (unpaired) electrons. The predicted octanol–water partition coefficient (Wildman–Crippen LogP) is 4.31. The van der Waals surface area contributed by atoms with Crippen LogP contribution in [0, 0.1) is 0 Å². The molecule has 0 N–H and O–H groups in total. The van der Waals surface area contributed by atoms with Gasteiger partial charge in [0.1, 0.15) is 5.82 Å². The molecule has 4 rings (SSSR count). The van der Waals surface area contributed by atoms with Crippen molar-refractivity contribution in [3.05, 3.63) is 83.8 Å². The van der Waals surface area contributed by atoms with Crippen LogP contribution in [0.15, 0.2) is 72.7 Å². The van der Waals surface area contributed by atoms with Crippen LogP contribution in [0.5, 0.6) is 0 Å². The van der Waals surface area contributed by atoms with Crippen LogP contribution in [0.25, 0.3) is 17.5 Å². The molecule has 0 bridgehead atoms. The van der Waals surface area contributed by atoms with Gasteiger partial charge in [-0.1, -0.05) is 54.6 Å². The molecule has 2 aromatic carbocycles. The fourth-order valence-electron chi connectivity index (χ4n) is 4.30. The number of likely N-dealkylation sites (N-methyl/N-ethyl adjacent to an activating group) is 2. The first kappa shape index (κ1) is 19.5. The second-order valence-corrected chi connectivity index (χ2v) is 8.46. The molecule has 1 atom stereocenters. The van der Waals surface area contributed by atoms with E-state index in [9.17, 15) is 0 Å². The molecule has 1 aliphatic rings. The molecule has 1 fully saturated rings. The van der Waals surface area contributed by atoms with Crippen LogP contribution in [-0.4, -0.2) is 52.1 Å². The van der Waals surface area contributed by atoms with Crippen molar-refractivity contribution < 1.29 is 0 Å². The lowest BCUT2D eigenvalue weighted by Crippen LogP contribution is -2.58. The Hall–Kier alpha value is -2.85. The van der Waals surface area contributed by atoms with Crippen molar-refractivity contribution >= 4 is 6.08 Å². The number of rotatable bonds is 4. The first-order valence-electron chi connectivity index (χ1n) is 10.2. The average Bonchev–Trinajstić information content (AvgIpc) is 3.13. The van der Waals surface area contributed by atoms with Crippen LogP contribution >= 0.6 is 0 Å². The summed E-state index contributed by atoms with van der Waals surface area (Å²) < 4.78 is 2.07. The summed E-state index contributed by atoms with van der Waals surface area (Å²) in [6.07, 6.45) is 7.22. The topological polar surface area (TPSA) is 24.3 Å². The Morgan fingerprint density at radius 1 is 1.00 bits per heavy atom. The Bertz CT molecular complexity index is 1000. The van der Waals surface area contributed by atoms with Gasteiger partial charge in [0.15, 0.2) is 0 Å². The third kappa shape index (κ3) is 3.99. The number of benzene rings is 2. The summed E-state index contributed by atoms with van der Waals surface area (Å²) in [7, 11) is 6.50. The zero-order chi connectivity index (χ0) is 20.4. The van der Waals surface area contributed by atoms with Gasteiger partial charge in [0.2, 0.25) is 0 Å². The van der Waals surface area contributed by atoms with Crippen molar-refractivity contribution in [3.63, 3.8) is 0 Å². The lowest BCUT2D eigenvalue weighted by Gasteiger charge is -2.48. The number of hydrogen-bond acceptors (Lipinski definition) is 3. The Morgan fingerprint density at radius 2 is 1.72 bits per heavy atom. The second kappa shape index (κ2) is 7.88. The van der Waals surface area contributed by atoms with Crippen molar-refractivity contribution in [2.24, 2.45) is 7.05 Å². The first-order chi connectivity index (χ1) is 14.0. The lowest BCUT2D eigenvalue weighted by atomic mass is 9.88. The molecule has 0 aliphatic carbocycles. The van der Waals surface area contributed by atoms with Crippen LogP contribution in [0.2, 0.25) is 0 Å². The van der Waals surface area contributed by atoms with Gasteiger partial charge < -0.3 is 9.47 Å². The molecule has 4 heteroatoms. The molecule has 3 aromatic rings. The highest BCUT2D eigenvalue weighted by atomic mass is 15.3. The normalized spacial score (nSPS) is 21.7. The fourth-order valence-corrected chi connectivity index (χ4v) is 4.30. The maximum Gasteiger partial charge on any atom is 0.140 e. The van der Waals surface area contributed by atoms with E-state index in [4.69, 9.17) is 0 Å². The van der Waals surface area contributed by atoms with Gasteiger partial charge in [-0.25, -0.2) is 4.98 Å². The highest BCUT2D eigenvalue weighted by Gasteiger charge is 2.36. The Balaban J connectivity index is 1.61. The number of aromatic nitrogens is 2. The molecule has 1 saturated heterocycles. The summed E-state index contributed by atoms with van der Waals surface area (Å²) in [6.45, 7) is 4.29. The van der Waals surface area contributed by atoms with Crippen LogP contribution in [-0.2, 0) is 13.5 Å². The third-order valence-corrected chi connectivity index (χ3v) is 6.16. The largest absolute Gasteiger partial charge is 0.375 e. The molecule has 2 heterocycles. The van der Waals surface area contributed by atoms with Crippen LogP contribution < -0.4 is 0 Å². The molecule has 0 saturated carbocycles. The number of nitrogens with zero attached hydrogens (tertiary/aromatic N) is 4. The molecule has 0 amide bonds. The molecule has 150 valence electrons. The quantitative estimate of drug-likeness (QED) is 0.668. The Labute approximate surface area is 174 Å². The van der Waals surface area contributed by atoms with Gasteiger partial charge >= 0.3 is 0 Å². The monoisotopic (exact) mass is 386 g/mol. The van der Waals surface area contributed by atoms with Gasteiger partial charge in [0.05, 0.1) is 0 Å². The summed E-state index contributed by atoms with van der Waals surface area (Å²) >= 11 is 0. The molecule has 1 unspecified atom stereocenters. The summed E-state index contributed by atoms with van der Waals surface area (Å²) in [5, 5.41) is 0. The van der Waals surface area contributed by atoms with E-state index in [1.807, 2.05) is 19.4 Å². The van der Waals surface area contributed by atoms with Gasteiger partial charge in [0, 0.05) is 56.4 Å². The molecule has 1 aromatic heterocycles. The van der Waals surface area contributed by atoms with E-state index < -0.39 is 0 Å². The molecule has 1 aliphatic heterocycles. The number of piperazine rings is 1. The number of aryl methyl sites for hydroxylation is 1. The van der Waals surface area contributed by atoms with Crippen LogP contribution in [0.1, 0.15) is 18.1 Å². The zero-order valence-corrected chi connectivity index (χ0v) is 17.8. The van der Waals surface area contributed by atoms with Gasteiger partial charge in [-0.05, 0) is 37.6 Å². The summed E-state index contributed by atoms with van der Waals surface area (Å²) in [5.41, 5.74) is 5.21. The van der Waals surface area contributed by atoms with Crippen molar-refractivity contribution in [2.75, 3.05) is 27.2 Å². The summed E-state index contributed by atoms with van der Waals surface area (Å²) in [5.74, 6) is 0.998. The van der Waals surface area contributed by atoms with Crippen LogP contribution in [0.4, 0.5) is 0 Å². The van der Waals surface area contributed by atoms with E-state index in [2.05, 4.69) is 101 Å². The van der Waals surface area contributed by atoms with Gasteiger partial charge in [0.25, 0.3) is 0 Å². The Morgan fingerprint density at radius 3 is 2.45 bits per heavy atom. The highest BCUT2D eigenvalue weighted by Crippen LogP contribution is 2.30. The maximum atomic E-state index is 4.55. The molecule has 0 spiro atoms. The maximum absolute atomic E-state index is 4.55. The van der Waals surface area contributed by atoms with Gasteiger partial charge in [-0.3, -0.25) is 4.90 Å². The van der Waals surface area contributed by atoms with E-state index in [0.29, 0.717) is 0 Å². The van der Waals surface area contributed by atoms with E-state index in [1.165, 1.54) is 22.4 Å². The van der Waals surface area contributed by atoms with E-state index >= 15 is 0 Å². The van der Waals surface area contributed by atoms with E-state index in [1.54, 1.807) is 0 Å². The molecular formula is C25H30N4. The number of hydrogen-bond donors (Lipinski definition) is 0. The van der Waals surface area contributed by atoms with Crippen molar-refractivity contribution in [3.8, 4) is 11.4 Å². The predicted molar refractivity (Wildman–Crippen MR) is 120 cm³/mol. The molecule has 29 heavy (non-hydrogen) atoms. The zero-order valence-electron chi connectivity index (χ0n) is 17.8. The van der Waals surface area contributed by atoms with E-state index in [-0.39, 0.29) is 5.54 Å². The third-order valence-electron chi connectivity index (χ3n) is 6.16. The smallest absolute Gasteiger partial charge is 0.140 e. The minimum atomic E-state index is 0.104. The van der Waals surface area contributed by atoms with Crippen LogP contribution in [0.3, 0.4) is 0 Å². The summed E-state index contributed by atoms with van der Waals surface area (Å²) in [6, 6.07) is 19.3. The standard InChI is InChI=1S/C25H30N4/c1-25(17-20-10-6-5-7-11-20)19-28(3)22(18-29(25)4)16-21-12-8-9-13-23(21)24-26-14-15-27(24)2/h5-16H,17-19H2,1-4H3. The minimum Gasteiger partial charge on any atom is -0.375 e.